The number of likely N-dealkylation sites (tertiary alicyclic amines) is 1. The lowest BCUT2D eigenvalue weighted by Crippen LogP contribution is -2.29. The lowest BCUT2D eigenvalue weighted by atomic mass is 10.1. The zero-order valence-corrected chi connectivity index (χ0v) is 15.6. The van der Waals surface area contributed by atoms with Crippen molar-refractivity contribution in [3.05, 3.63) is 17.7 Å². The summed E-state index contributed by atoms with van der Waals surface area (Å²) in [6, 6.07) is 3.31. The van der Waals surface area contributed by atoms with Gasteiger partial charge in [-0.05, 0) is 31.2 Å². The first-order valence-corrected chi connectivity index (χ1v) is 8.81. The van der Waals surface area contributed by atoms with Crippen LogP contribution in [-0.2, 0) is 4.79 Å². The van der Waals surface area contributed by atoms with Crippen LogP contribution in [0.5, 0.6) is 11.5 Å². The number of ether oxygens (including phenoxy) is 2. The average molecular weight is 348 g/mol. The molecule has 6 heteroatoms. The highest BCUT2D eigenvalue weighted by Gasteiger charge is 2.24. The van der Waals surface area contributed by atoms with Crippen molar-refractivity contribution in [3.8, 4) is 11.5 Å². The van der Waals surface area contributed by atoms with Crippen LogP contribution in [0.15, 0.2) is 12.1 Å². The molecular weight excluding hydrogens is 320 g/mol. The van der Waals surface area contributed by atoms with Gasteiger partial charge in [-0.3, -0.25) is 9.59 Å². The number of carbonyl (C=O) groups is 2. The Morgan fingerprint density at radius 2 is 1.72 bits per heavy atom. The molecule has 0 aliphatic carbocycles. The normalized spacial score (nSPS) is 13.9. The number of anilines is 1. The highest BCUT2D eigenvalue weighted by molar-refractivity contribution is 6.04. The van der Waals surface area contributed by atoms with Crippen LogP contribution in [0.25, 0.3) is 0 Å². The molecule has 25 heavy (non-hydrogen) atoms. The third kappa shape index (κ3) is 4.87. The van der Waals surface area contributed by atoms with Crippen LogP contribution in [0.2, 0.25) is 0 Å². The monoisotopic (exact) mass is 348 g/mol. The fourth-order valence-electron chi connectivity index (χ4n) is 2.88. The molecule has 1 aromatic rings. The minimum Gasteiger partial charge on any atom is -0.493 e. The maximum Gasteiger partial charge on any atom is 0.256 e. The maximum absolute atomic E-state index is 12.9. The van der Waals surface area contributed by atoms with Crippen LogP contribution >= 0.6 is 0 Å². The molecule has 1 aliphatic rings. The number of hydrogen-bond donors (Lipinski definition) is 1. The van der Waals surface area contributed by atoms with Gasteiger partial charge in [0.05, 0.1) is 25.5 Å². The number of methoxy groups -OCH3 is 2. The van der Waals surface area contributed by atoms with E-state index in [1.54, 1.807) is 12.1 Å². The van der Waals surface area contributed by atoms with Crippen molar-refractivity contribution in [1.29, 1.82) is 0 Å². The highest BCUT2D eigenvalue weighted by atomic mass is 16.5. The quantitative estimate of drug-likeness (QED) is 0.821. The van der Waals surface area contributed by atoms with E-state index in [2.05, 4.69) is 19.2 Å². The van der Waals surface area contributed by atoms with Crippen molar-refractivity contribution in [2.45, 2.75) is 39.5 Å². The molecule has 1 fully saturated rings. The first kappa shape index (κ1) is 19.1. The molecule has 1 aliphatic heterocycles. The van der Waals surface area contributed by atoms with Gasteiger partial charge in [0.1, 0.15) is 0 Å². The maximum atomic E-state index is 12.9. The van der Waals surface area contributed by atoms with E-state index in [0.717, 1.165) is 32.4 Å². The summed E-state index contributed by atoms with van der Waals surface area (Å²) >= 11 is 0. The van der Waals surface area contributed by atoms with Crippen molar-refractivity contribution in [3.63, 3.8) is 0 Å². The summed E-state index contributed by atoms with van der Waals surface area (Å²) in [4.78, 5) is 26.9. The van der Waals surface area contributed by atoms with E-state index >= 15 is 0 Å². The third-order valence-electron chi connectivity index (χ3n) is 4.37. The smallest absolute Gasteiger partial charge is 0.256 e. The molecule has 0 unspecified atom stereocenters. The van der Waals surface area contributed by atoms with E-state index in [1.165, 1.54) is 14.2 Å². The molecule has 2 amide bonds. The Hall–Kier alpha value is -2.24. The van der Waals surface area contributed by atoms with Gasteiger partial charge in [-0.25, -0.2) is 0 Å². The lowest BCUT2D eigenvalue weighted by Gasteiger charge is -2.20. The minimum absolute atomic E-state index is 0.0855. The average Bonchev–Trinajstić information content (AvgIpc) is 3.13. The van der Waals surface area contributed by atoms with Crippen molar-refractivity contribution in [2.75, 3.05) is 32.6 Å². The van der Waals surface area contributed by atoms with E-state index in [4.69, 9.17) is 9.47 Å². The first-order valence-electron chi connectivity index (χ1n) is 8.81. The van der Waals surface area contributed by atoms with Gasteiger partial charge in [0, 0.05) is 25.6 Å². The second kappa shape index (κ2) is 8.74. The Bertz CT molecular complexity index is 622. The van der Waals surface area contributed by atoms with Crippen molar-refractivity contribution in [2.24, 2.45) is 5.92 Å². The van der Waals surface area contributed by atoms with Crippen LogP contribution in [0.4, 0.5) is 5.69 Å². The number of benzene rings is 1. The Labute approximate surface area is 149 Å². The van der Waals surface area contributed by atoms with Gasteiger partial charge in [0.2, 0.25) is 5.91 Å². The summed E-state index contributed by atoms with van der Waals surface area (Å²) in [5, 5.41) is 2.87. The summed E-state index contributed by atoms with van der Waals surface area (Å²) in [5.41, 5.74) is 0.917. The summed E-state index contributed by atoms with van der Waals surface area (Å²) in [5.74, 6) is 1.22. The lowest BCUT2D eigenvalue weighted by molar-refractivity contribution is -0.116. The molecule has 1 saturated heterocycles. The van der Waals surface area contributed by atoms with Gasteiger partial charge < -0.3 is 19.7 Å². The Morgan fingerprint density at radius 3 is 2.28 bits per heavy atom. The van der Waals surface area contributed by atoms with E-state index in [1.807, 2.05) is 4.90 Å². The third-order valence-corrected chi connectivity index (χ3v) is 4.37. The van der Waals surface area contributed by atoms with Crippen LogP contribution in [-0.4, -0.2) is 44.0 Å². The standard InChI is InChI=1S/C19H28N2O4/c1-13(2)7-8-18(22)20-15-12-17(25-4)16(24-3)11-14(15)19(23)21-9-5-6-10-21/h11-13H,5-10H2,1-4H3,(H,20,22). The van der Waals surface area contributed by atoms with Gasteiger partial charge in [0.15, 0.2) is 11.5 Å². The SMILES string of the molecule is COc1cc(NC(=O)CCC(C)C)c(C(=O)N2CCCC2)cc1OC. The largest absolute Gasteiger partial charge is 0.493 e. The molecule has 0 saturated carbocycles. The van der Waals surface area contributed by atoms with E-state index in [-0.39, 0.29) is 11.8 Å². The molecule has 0 bridgehead atoms. The fraction of sp³-hybridized carbons (Fsp3) is 0.579. The van der Waals surface area contributed by atoms with E-state index in [9.17, 15) is 9.59 Å². The Kier molecular flexibility index (Phi) is 6.67. The number of hydrogen-bond acceptors (Lipinski definition) is 4. The zero-order valence-electron chi connectivity index (χ0n) is 15.6. The molecule has 1 heterocycles. The molecule has 0 aromatic heterocycles. The van der Waals surface area contributed by atoms with Gasteiger partial charge in [-0.1, -0.05) is 13.8 Å². The van der Waals surface area contributed by atoms with Crippen molar-refractivity contribution in [1.82, 2.24) is 4.90 Å². The van der Waals surface area contributed by atoms with Crippen LogP contribution in [0.3, 0.4) is 0 Å². The summed E-state index contributed by atoms with van der Waals surface area (Å²) in [6.07, 6.45) is 3.24. The van der Waals surface area contributed by atoms with Gasteiger partial charge in [0.25, 0.3) is 5.91 Å². The summed E-state index contributed by atoms with van der Waals surface area (Å²) < 4.78 is 10.6. The topological polar surface area (TPSA) is 67.9 Å². The summed E-state index contributed by atoms with van der Waals surface area (Å²) in [6.45, 7) is 5.64. The predicted octanol–water partition coefficient (Wildman–Crippen LogP) is 3.31. The first-order chi connectivity index (χ1) is 12.0. The molecule has 138 valence electrons. The number of nitrogens with zero attached hydrogens (tertiary/aromatic N) is 1. The number of nitrogens with one attached hydrogen (secondary N) is 1. The Balaban J connectivity index is 2.30. The zero-order chi connectivity index (χ0) is 18.4. The van der Waals surface area contributed by atoms with Gasteiger partial charge in [-0.15, -0.1) is 0 Å². The van der Waals surface area contributed by atoms with E-state index < -0.39 is 0 Å². The fourth-order valence-corrected chi connectivity index (χ4v) is 2.88. The molecule has 0 spiro atoms. The van der Waals surface area contributed by atoms with Gasteiger partial charge in [-0.2, -0.15) is 0 Å². The minimum atomic E-state index is -0.101. The predicted molar refractivity (Wildman–Crippen MR) is 97.4 cm³/mol. The molecule has 0 radical (unpaired) electrons. The number of amides is 2. The number of carbonyl (C=O) groups excluding carboxylic acids is 2. The van der Waals surface area contributed by atoms with Crippen molar-refractivity contribution < 1.29 is 19.1 Å². The van der Waals surface area contributed by atoms with Crippen LogP contribution < -0.4 is 14.8 Å². The van der Waals surface area contributed by atoms with Gasteiger partial charge >= 0.3 is 0 Å². The molecule has 1 aromatic carbocycles. The second-order valence-electron chi connectivity index (χ2n) is 6.73. The highest BCUT2D eigenvalue weighted by Crippen LogP contribution is 2.34. The number of rotatable bonds is 7. The second-order valence-corrected chi connectivity index (χ2v) is 6.73. The summed E-state index contributed by atoms with van der Waals surface area (Å²) in [7, 11) is 3.06. The van der Waals surface area contributed by atoms with Crippen LogP contribution in [0.1, 0.15) is 49.9 Å². The molecule has 0 atom stereocenters. The molecule has 1 N–H and O–H groups in total. The van der Waals surface area contributed by atoms with E-state index in [0.29, 0.717) is 35.1 Å². The molecule has 6 nitrogen and oxygen atoms in total. The van der Waals surface area contributed by atoms with Crippen LogP contribution in [0, 0.1) is 5.92 Å². The van der Waals surface area contributed by atoms with Crippen molar-refractivity contribution >= 4 is 17.5 Å². The molecular formula is C19H28N2O4. The Morgan fingerprint density at radius 1 is 1.12 bits per heavy atom. The molecule has 2 rings (SSSR count).